The average molecular weight is 155 g/mol. The van der Waals surface area contributed by atoms with Gasteiger partial charge in [-0.3, -0.25) is 4.79 Å². The molecule has 1 N–H and O–H groups in total. The van der Waals surface area contributed by atoms with Crippen molar-refractivity contribution >= 4 is 5.97 Å². The number of fused-ring (bicyclic) bond motifs is 2. The van der Waals surface area contributed by atoms with Crippen LogP contribution in [0.2, 0.25) is 0 Å². The largest absolute Gasteiger partial charge is 0.469 e. The summed E-state index contributed by atoms with van der Waals surface area (Å²) < 4.78 is 4.78. The number of rotatable bonds is 1. The van der Waals surface area contributed by atoms with E-state index in [0.29, 0.717) is 6.04 Å². The summed E-state index contributed by atoms with van der Waals surface area (Å²) in [6, 6.07) is 0.578. The quantitative estimate of drug-likeness (QED) is 0.553. The maximum Gasteiger partial charge on any atom is 0.313 e. The molecule has 62 valence electrons. The van der Waals surface area contributed by atoms with Gasteiger partial charge < -0.3 is 10.1 Å². The first-order valence-electron chi connectivity index (χ1n) is 4.09. The number of carbonyl (C=O) groups excluding carboxylic acids is 1. The summed E-state index contributed by atoms with van der Waals surface area (Å²) in [6.07, 6.45) is 3.13. The molecule has 1 saturated heterocycles. The summed E-state index contributed by atoms with van der Waals surface area (Å²) in [7, 11) is 1.47. The molecule has 0 aromatic carbocycles. The second-order valence-corrected chi connectivity index (χ2v) is 3.59. The maximum atomic E-state index is 11.3. The molecular formula is C8H13NO2. The van der Waals surface area contributed by atoms with Crippen LogP contribution in [-0.2, 0) is 9.53 Å². The van der Waals surface area contributed by atoms with Crippen LogP contribution >= 0.6 is 0 Å². The van der Waals surface area contributed by atoms with Crippen molar-refractivity contribution in [1.29, 1.82) is 0 Å². The van der Waals surface area contributed by atoms with E-state index in [1.54, 1.807) is 0 Å². The molecule has 3 heteroatoms. The van der Waals surface area contributed by atoms with Crippen LogP contribution in [0.1, 0.15) is 19.3 Å². The van der Waals surface area contributed by atoms with Crippen molar-refractivity contribution in [3.05, 3.63) is 0 Å². The Labute approximate surface area is 66.1 Å². The molecule has 0 aromatic heterocycles. The van der Waals surface area contributed by atoms with Crippen molar-refractivity contribution in [2.45, 2.75) is 25.3 Å². The predicted molar refractivity (Wildman–Crippen MR) is 40.1 cm³/mol. The first kappa shape index (κ1) is 7.10. The molecule has 0 radical (unpaired) electrons. The molecule has 1 saturated carbocycles. The minimum Gasteiger partial charge on any atom is -0.469 e. The van der Waals surface area contributed by atoms with Crippen LogP contribution < -0.4 is 5.32 Å². The summed E-state index contributed by atoms with van der Waals surface area (Å²) >= 11 is 0. The molecule has 0 aromatic rings. The number of carbonyl (C=O) groups is 1. The van der Waals surface area contributed by atoms with Crippen LogP contribution in [0.5, 0.6) is 0 Å². The Morgan fingerprint density at radius 3 is 2.91 bits per heavy atom. The number of hydrogen-bond acceptors (Lipinski definition) is 3. The van der Waals surface area contributed by atoms with Crippen LogP contribution in [0.3, 0.4) is 0 Å². The number of nitrogens with one attached hydrogen (secondary N) is 1. The van der Waals surface area contributed by atoms with Crippen molar-refractivity contribution in [2.24, 2.45) is 5.41 Å². The van der Waals surface area contributed by atoms with E-state index < -0.39 is 0 Å². The highest BCUT2D eigenvalue weighted by molar-refractivity contribution is 5.78. The third-order valence-electron chi connectivity index (χ3n) is 2.96. The van der Waals surface area contributed by atoms with E-state index in [1.807, 2.05) is 0 Å². The first-order valence-corrected chi connectivity index (χ1v) is 4.09. The average Bonchev–Trinajstić information content (AvgIpc) is 2.62. The summed E-state index contributed by atoms with van der Waals surface area (Å²) in [6.45, 7) is 0.824. The van der Waals surface area contributed by atoms with Gasteiger partial charge in [-0.05, 0) is 19.3 Å². The highest BCUT2D eigenvalue weighted by Gasteiger charge is 2.50. The highest BCUT2D eigenvalue weighted by atomic mass is 16.5. The summed E-state index contributed by atoms with van der Waals surface area (Å²) in [5, 5.41) is 3.31. The molecule has 1 heterocycles. The third-order valence-corrected chi connectivity index (χ3v) is 2.96. The molecule has 2 fully saturated rings. The fourth-order valence-electron chi connectivity index (χ4n) is 2.27. The lowest BCUT2D eigenvalue weighted by atomic mass is 9.88. The Morgan fingerprint density at radius 1 is 1.73 bits per heavy atom. The van der Waals surface area contributed by atoms with Gasteiger partial charge in [0.2, 0.25) is 0 Å². The van der Waals surface area contributed by atoms with Gasteiger partial charge in [0.05, 0.1) is 12.5 Å². The fourth-order valence-corrected chi connectivity index (χ4v) is 2.27. The number of piperidine rings is 1. The molecule has 0 unspecified atom stereocenters. The van der Waals surface area contributed by atoms with Gasteiger partial charge in [0.1, 0.15) is 0 Å². The van der Waals surface area contributed by atoms with Crippen molar-refractivity contribution in [3.63, 3.8) is 0 Å². The van der Waals surface area contributed by atoms with E-state index in [-0.39, 0.29) is 11.4 Å². The Bertz CT molecular complexity index is 183. The number of hydrogen-bond donors (Lipinski definition) is 1. The molecule has 2 atom stereocenters. The second kappa shape index (κ2) is 2.21. The van der Waals surface area contributed by atoms with Gasteiger partial charge >= 0.3 is 5.97 Å². The monoisotopic (exact) mass is 155 g/mol. The zero-order valence-corrected chi connectivity index (χ0v) is 6.72. The van der Waals surface area contributed by atoms with E-state index in [4.69, 9.17) is 4.74 Å². The van der Waals surface area contributed by atoms with E-state index in [1.165, 1.54) is 7.11 Å². The van der Waals surface area contributed by atoms with Gasteiger partial charge in [-0.15, -0.1) is 0 Å². The molecular weight excluding hydrogens is 142 g/mol. The van der Waals surface area contributed by atoms with E-state index >= 15 is 0 Å². The lowest BCUT2D eigenvalue weighted by molar-refractivity contribution is -0.151. The van der Waals surface area contributed by atoms with E-state index in [9.17, 15) is 4.79 Å². The van der Waals surface area contributed by atoms with Gasteiger partial charge in [0.25, 0.3) is 0 Å². The highest BCUT2D eigenvalue weighted by Crippen LogP contribution is 2.43. The normalized spacial score (nSPS) is 41.0. The van der Waals surface area contributed by atoms with Gasteiger partial charge in [0.15, 0.2) is 0 Å². The zero-order chi connectivity index (χ0) is 7.90. The van der Waals surface area contributed by atoms with Gasteiger partial charge in [0, 0.05) is 12.6 Å². The summed E-state index contributed by atoms with van der Waals surface area (Å²) in [5.41, 5.74) is -0.153. The number of esters is 1. The zero-order valence-electron chi connectivity index (χ0n) is 6.72. The molecule has 2 aliphatic rings. The molecule has 2 rings (SSSR count). The molecule has 11 heavy (non-hydrogen) atoms. The Morgan fingerprint density at radius 2 is 2.55 bits per heavy atom. The Hall–Kier alpha value is -0.570. The van der Waals surface area contributed by atoms with Crippen molar-refractivity contribution in [3.8, 4) is 0 Å². The van der Waals surface area contributed by atoms with E-state index in [2.05, 4.69) is 5.32 Å². The topological polar surface area (TPSA) is 38.3 Å². The fraction of sp³-hybridized carbons (Fsp3) is 0.875. The maximum absolute atomic E-state index is 11.3. The molecule has 3 nitrogen and oxygen atoms in total. The van der Waals surface area contributed by atoms with Crippen LogP contribution in [-0.4, -0.2) is 25.7 Å². The molecule has 1 aliphatic carbocycles. The second-order valence-electron chi connectivity index (χ2n) is 3.59. The van der Waals surface area contributed by atoms with Crippen molar-refractivity contribution < 1.29 is 9.53 Å². The van der Waals surface area contributed by atoms with Gasteiger partial charge in [-0.2, -0.15) is 0 Å². The SMILES string of the molecule is COC(=O)[C@]12CC[C@H](C1)NC2. The van der Waals surface area contributed by atoms with Crippen molar-refractivity contribution in [2.75, 3.05) is 13.7 Å². The Kier molecular flexibility index (Phi) is 1.42. The van der Waals surface area contributed by atoms with Gasteiger partial charge in [-0.1, -0.05) is 0 Å². The lowest BCUT2D eigenvalue weighted by Gasteiger charge is -2.22. The van der Waals surface area contributed by atoms with Gasteiger partial charge in [-0.25, -0.2) is 0 Å². The predicted octanol–water partition coefficient (Wildman–Crippen LogP) is 0.301. The summed E-state index contributed by atoms with van der Waals surface area (Å²) in [5.74, 6) is -0.0231. The summed E-state index contributed by atoms with van der Waals surface area (Å²) in [4.78, 5) is 11.3. The molecule has 1 aliphatic heterocycles. The number of ether oxygens (including phenoxy) is 1. The van der Waals surface area contributed by atoms with Crippen LogP contribution in [0.15, 0.2) is 0 Å². The molecule has 0 amide bonds. The smallest absolute Gasteiger partial charge is 0.313 e. The van der Waals surface area contributed by atoms with Crippen LogP contribution in [0, 0.1) is 5.41 Å². The van der Waals surface area contributed by atoms with Crippen molar-refractivity contribution in [1.82, 2.24) is 5.32 Å². The van der Waals surface area contributed by atoms with E-state index in [0.717, 1.165) is 25.8 Å². The van der Waals surface area contributed by atoms with Crippen LogP contribution in [0.4, 0.5) is 0 Å². The lowest BCUT2D eigenvalue weighted by Crippen LogP contribution is -2.36. The number of methoxy groups -OCH3 is 1. The third kappa shape index (κ3) is 0.872. The minimum absolute atomic E-state index is 0.0231. The minimum atomic E-state index is -0.153. The molecule has 2 bridgehead atoms. The standard InChI is InChI=1S/C8H13NO2/c1-11-7(10)8-3-2-6(4-8)9-5-8/h6,9H,2-5H2,1H3/t6-,8-/m1/s1. The van der Waals surface area contributed by atoms with Crippen LogP contribution in [0.25, 0.3) is 0 Å². The Balaban J connectivity index is 2.16. The first-order chi connectivity index (χ1) is 5.27. The molecule has 0 spiro atoms.